The molecule has 0 bridgehead atoms. The molecule has 0 spiro atoms. The van der Waals surface area contributed by atoms with Crippen LogP contribution < -0.4 is 5.43 Å². The zero-order chi connectivity index (χ0) is 16.1. The van der Waals surface area contributed by atoms with Crippen molar-refractivity contribution in [2.24, 2.45) is 10.1 Å². The number of hydrazone groups is 1. The average molecular weight is 323 g/mol. The van der Waals surface area contributed by atoms with E-state index in [-0.39, 0.29) is 5.91 Å². The Morgan fingerprint density at radius 3 is 2.70 bits per heavy atom. The Hall–Kier alpha value is -2.40. The summed E-state index contributed by atoms with van der Waals surface area (Å²) in [5.74, 6) is 0.196. The molecule has 0 atom stereocenters. The van der Waals surface area contributed by atoms with Gasteiger partial charge in [-0.05, 0) is 24.1 Å². The highest BCUT2D eigenvalue weighted by Gasteiger charge is 2.15. The maximum atomic E-state index is 11.9. The maximum absolute atomic E-state index is 11.9. The monoisotopic (exact) mass is 323 g/mol. The van der Waals surface area contributed by atoms with Crippen LogP contribution in [0.15, 0.2) is 64.7 Å². The van der Waals surface area contributed by atoms with Crippen molar-refractivity contribution in [3.8, 4) is 0 Å². The highest BCUT2D eigenvalue weighted by atomic mass is 32.2. The third-order valence-corrected chi connectivity index (χ3v) is 4.46. The summed E-state index contributed by atoms with van der Waals surface area (Å²) < 4.78 is 0. The minimum Gasteiger partial charge on any atom is -0.272 e. The summed E-state index contributed by atoms with van der Waals surface area (Å²) in [6.45, 7) is 1.88. The first-order valence-electron chi connectivity index (χ1n) is 7.39. The van der Waals surface area contributed by atoms with Gasteiger partial charge >= 0.3 is 0 Å². The molecule has 23 heavy (non-hydrogen) atoms. The summed E-state index contributed by atoms with van der Waals surface area (Å²) in [6.07, 6.45) is 0.806. The summed E-state index contributed by atoms with van der Waals surface area (Å²) >= 11 is 1.46. The van der Waals surface area contributed by atoms with Crippen LogP contribution >= 0.6 is 11.8 Å². The van der Waals surface area contributed by atoms with Crippen molar-refractivity contribution in [1.82, 2.24) is 5.43 Å². The molecule has 1 amide bonds. The lowest BCUT2D eigenvalue weighted by Crippen LogP contribution is -2.22. The van der Waals surface area contributed by atoms with Crippen molar-refractivity contribution in [3.05, 3.63) is 65.7 Å². The number of hydrogen-bond acceptors (Lipinski definition) is 4. The van der Waals surface area contributed by atoms with Gasteiger partial charge in [-0.3, -0.25) is 4.79 Å². The van der Waals surface area contributed by atoms with Crippen LogP contribution in [-0.4, -0.2) is 22.4 Å². The van der Waals surface area contributed by atoms with Gasteiger partial charge in [-0.15, -0.1) is 11.8 Å². The van der Waals surface area contributed by atoms with E-state index in [1.54, 1.807) is 0 Å². The van der Waals surface area contributed by atoms with Crippen LogP contribution in [0.1, 0.15) is 18.1 Å². The third kappa shape index (κ3) is 4.07. The Kier molecular flexibility index (Phi) is 4.88. The van der Waals surface area contributed by atoms with Crippen LogP contribution in [0.5, 0.6) is 0 Å². The van der Waals surface area contributed by atoms with E-state index >= 15 is 0 Å². The molecule has 1 N–H and O–H groups in total. The highest BCUT2D eigenvalue weighted by molar-refractivity contribution is 8.14. The number of carbonyl (C=O) groups is 1. The Morgan fingerprint density at radius 1 is 1.17 bits per heavy atom. The first-order valence-corrected chi connectivity index (χ1v) is 8.38. The van der Waals surface area contributed by atoms with Gasteiger partial charge in [0.1, 0.15) is 0 Å². The third-order valence-electron chi connectivity index (χ3n) is 3.49. The second kappa shape index (κ2) is 7.24. The second-order valence-electron chi connectivity index (χ2n) is 5.20. The highest BCUT2D eigenvalue weighted by Crippen LogP contribution is 2.29. The summed E-state index contributed by atoms with van der Waals surface area (Å²) in [6, 6.07) is 17.8. The number of amides is 1. The van der Waals surface area contributed by atoms with Gasteiger partial charge in [-0.2, -0.15) is 5.10 Å². The van der Waals surface area contributed by atoms with Gasteiger partial charge in [0, 0.05) is 6.42 Å². The number of benzene rings is 2. The van der Waals surface area contributed by atoms with Crippen molar-refractivity contribution < 1.29 is 4.79 Å². The molecule has 4 nitrogen and oxygen atoms in total. The lowest BCUT2D eigenvalue weighted by molar-refractivity contribution is -0.118. The number of hydrogen-bond donors (Lipinski definition) is 1. The Morgan fingerprint density at radius 2 is 1.91 bits per heavy atom. The van der Waals surface area contributed by atoms with Crippen LogP contribution in [0.2, 0.25) is 0 Å². The molecule has 0 fully saturated rings. The fourth-order valence-corrected chi connectivity index (χ4v) is 3.04. The molecule has 116 valence electrons. The molecule has 0 radical (unpaired) electrons. The molecule has 0 saturated carbocycles. The van der Waals surface area contributed by atoms with E-state index < -0.39 is 0 Å². The Labute approximate surface area is 139 Å². The van der Waals surface area contributed by atoms with Gasteiger partial charge in [0.25, 0.3) is 0 Å². The maximum Gasteiger partial charge on any atom is 0.250 e. The van der Waals surface area contributed by atoms with Crippen molar-refractivity contribution in [2.45, 2.75) is 13.3 Å². The summed E-state index contributed by atoms with van der Waals surface area (Å²) in [5.41, 5.74) is 6.61. The van der Waals surface area contributed by atoms with Crippen molar-refractivity contribution in [2.75, 3.05) is 5.75 Å². The van der Waals surface area contributed by atoms with Crippen LogP contribution in [-0.2, 0) is 11.2 Å². The molecule has 0 saturated heterocycles. The lowest BCUT2D eigenvalue weighted by Gasteiger charge is -2.03. The molecule has 2 aromatic carbocycles. The van der Waals surface area contributed by atoms with Gasteiger partial charge in [-0.1, -0.05) is 48.5 Å². The standard InChI is InChI=1S/C18H17N3OS/c1-13(14-7-3-2-4-8-14)20-21-17(22)12-23-18-11-15-9-5-6-10-16(15)19-18/h2-10H,11-12H2,1H3,(H,21,22)/b20-13+. The van der Waals surface area contributed by atoms with Crippen LogP contribution in [0.25, 0.3) is 0 Å². The number of aliphatic imine (C=N–C) groups is 1. The molecule has 0 aromatic heterocycles. The van der Waals surface area contributed by atoms with Gasteiger partial charge in [0.2, 0.25) is 5.91 Å². The van der Waals surface area contributed by atoms with Crippen molar-refractivity contribution >= 4 is 34.1 Å². The number of carbonyl (C=O) groups excluding carboxylic acids is 1. The summed E-state index contributed by atoms with van der Waals surface area (Å²) in [7, 11) is 0. The minimum absolute atomic E-state index is 0.121. The van der Waals surface area contributed by atoms with E-state index in [9.17, 15) is 4.79 Å². The normalized spacial score (nSPS) is 13.4. The Balaban J connectivity index is 1.50. The molecule has 3 rings (SSSR count). The number of rotatable bonds is 4. The van der Waals surface area contributed by atoms with E-state index in [4.69, 9.17) is 0 Å². The molecule has 1 heterocycles. The predicted molar refractivity (Wildman–Crippen MR) is 96.5 cm³/mol. The number of thioether (sulfide) groups is 1. The molecular formula is C18H17N3OS. The van der Waals surface area contributed by atoms with E-state index in [2.05, 4.69) is 21.6 Å². The first kappa shape index (κ1) is 15.5. The fraction of sp³-hybridized carbons (Fsp3) is 0.167. The van der Waals surface area contributed by atoms with Crippen LogP contribution in [0.3, 0.4) is 0 Å². The minimum atomic E-state index is -0.121. The van der Waals surface area contributed by atoms with E-state index in [1.165, 1.54) is 17.3 Å². The largest absolute Gasteiger partial charge is 0.272 e. The van der Waals surface area contributed by atoms with Gasteiger partial charge in [0.15, 0.2) is 0 Å². The van der Waals surface area contributed by atoms with E-state index in [1.807, 2.05) is 55.5 Å². The molecule has 0 unspecified atom stereocenters. The van der Waals surface area contributed by atoms with E-state index in [0.29, 0.717) is 5.75 Å². The Bertz CT molecular complexity index is 769. The molecule has 1 aliphatic heterocycles. The summed E-state index contributed by atoms with van der Waals surface area (Å²) in [4.78, 5) is 16.4. The number of fused-ring (bicyclic) bond motifs is 1. The summed E-state index contributed by atoms with van der Waals surface area (Å²) in [5, 5.41) is 5.12. The SMILES string of the molecule is C/C(=N\NC(=O)CSC1=Nc2ccccc2C1)c1ccccc1. The number of nitrogens with one attached hydrogen (secondary N) is 1. The molecular weight excluding hydrogens is 306 g/mol. The first-order chi connectivity index (χ1) is 11.2. The zero-order valence-electron chi connectivity index (χ0n) is 12.8. The molecule has 2 aromatic rings. The van der Waals surface area contributed by atoms with Crippen molar-refractivity contribution in [1.29, 1.82) is 0 Å². The van der Waals surface area contributed by atoms with Crippen LogP contribution in [0, 0.1) is 0 Å². The van der Waals surface area contributed by atoms with Gasteiger partial charge in [0.05, 0.1) is 22.2 Å². The quantitative estimate of drug-likeness (QED) is 0.691. The van der Waals surface area contributed by atoms with Crippen molar-refractivity contribution in [3.63, 3.8) is 0 Å². The molecule has 0 aliphatic carbocycles. The fourth-order valence-electron chi connectivity index (χ4n) is 2.26. The number of para-hydroxylation sites is 1. The molecule has 1 aliphatic rings. The second-order valence-corrected chi connectivity index (χ2v) is 6.25. The lowest BCUT2D eigenvalue weighted by atomic mass is 10.1. The van der Waals surface area contributed by atoms with Gasteiger partial charge in [-0.25, -0.2) is 10.4 Å². The van der Waals surface area contributed by atoms with Gasteiger partial charge < -0.3 is 0 Å². The smallest absolute Gasteiger partial charge is 0.250 e. The average Bonchev–Trinajstić information content (AvgIpc) is 3.01. The molecule has 5 heteroatoms. The van der Waals surface area contributed by atoms with E-state index in [0.717, 1.165) is 28.4 Å². The predicted octanol–water partition coefficient (Wildman–Crippen LogP) is 3.55. The van der Waals surface area contributed by atoms with Crippen LogP contribution in [0.4, 0.5) is 5.69 Å². The zero-order valence-corrected chi connectivity index (χ0v) is 13.6. The number of nitrogens with zero attached hydrogens (tertiary/aromatic N) is 2. The topological polar surface area (TPSA) is 53.8 Å².